The molecule has 2 aromatic rings. The van der Waals surface area contributed by atoms with Crippen LogP contribution in [0.1, 0.15) is 57.1 Å². The van der Waals surface area contributed by atoms with E-state index in [-0.39, 0.29) is 12.2 Å². The highest BCUT2D eigenvalue weighted by Gasteiger charge is 2.35. The van der Waals surface area contributed by atoms with Crippen LogP contribution in [0.4, 0.5) is 4.79 Å². The zero-order valence-electron chi connectivity index (χ0n) is 19.2. The summed E-state index contributed by atoms with van der Waals surface area (Å²) in [7, 11) is 0. The van der Waals surface area contributed by atoms with Gasteiger partial charge in [0, 0.05) is 17.7 Å². The summed E-state index contributed by atoms with van der Waals surface area (Å²) in [6.45, 7) is 5.47. The van der Waals surface area contributed by atoms with Crippen LogP contribution in [-0.2, 0) is 11.3 Å². The Kier molecular flexibility index (Phi) is 7.29. The van der Waals surface area contributed by atoms with Crippen molar-refractivity contribution in [2.24, 2.45) is 5.92 Å². The number of hydrogen-bond donors (Lipinski definition) is 0. The normalized spacial score (nSPS) is 19.2. The van der Waals surface area contributed by atoms with Crippen molar-refractivity contribution in [3.63, 3.8) is 0 Å². The summed E-state index contributed by atoms with van der Waals surface area (Å²) < 4.78 is 5.95. The van der Waals surface area contributed by atoms with E-state index < -0.39 is 0 Å². The molecule has 166 valence electrons. The van der Waals surface area contributed by atoms with Crippen LogP contribution in [0.2, 0.25) is 0 Å². The monoisotopic (exact) mass is 427 g/mol. The second kappa shape index (κ2) is 10.5. The number of hydrogen-bond acceptors (Lipinski definition) is 2. The molecule has 2 fully saturated rings. The predicted molar refractivity (Wildman–Crippen MR) is 130 cm³/mol. The maximum atomic E-state index is 12.8. The van der Waals surface area contributed by atoms with E-state index in [2.05, 4.69) is 49.9 Å². The molecule has 1 aliphatic carbocycles. The van der Waals surface area contributed by atoms with Crippen LogP contribution in [0.15, 0.2) is 83.6 Å². The maximum absolute atomic E-state index is 12.8. The van der Waals surface area contributed by atoms with E-state index in [9.17, 15) is 4.79 Å². The minimum absolute atomic E-state index is 0.244. The van der Waals surface area contributed by atoms with Crippen molar-refractivity contribution in [1.29, 1.82) is 0 Å². The van der Waals surface area contributed by atoms with Crippen molar-refractivity contribution in [1.82, 2.24) is 4.90 Å². The van der Waals surface area contributed by atoms with E-state index in [0.717, 1.165) is 35.1 Å². The first kappa shape index (κ1) is 22.2. The van der Waals surface area contributed by atoms with Gasteiger partial charge in [-0.1, -0.05) is 87.0 Å². The van der Waals surface area contributed by atoms with Crippen molar-refractivity contribution < 1.29 is 9.53 Å². The van der Waals surface area contributed by atoms with E-state index in [4.69, 9.17) is 4.74 Å². The molecule has 0 aromatic heterocycles. The fourth-order valence-corrected chi connectivity index (χ4v) is 4.51. The third-order valence-electron chi connectivity index (χ3n) is 6.07. The summed E-state index contributed by atoms with van der Waals surface area (Å²) >= 11 is 0. The molecular formula is C29H33NO2. The summed E-state index contributed by atoms with van der Waals surface area (Å²) in [4.78, 5) is 14.6. The number of rotatable bonds is 6. The molecule has 1 heterocycles. The Morgan fingerprint density at radius 3 is 2.34 bits per heavy atom. The molecule has 3 heteroatoms. The van der Waals surface area contributed by atoms with Crippen molar-refractivity contribution in [2.45, 2.75) is 58.6 Å². The lowest BCUT2D eigenvalue weighted by Crippen LogP contribution is -2.25. The highest BCUT2D eigenvalue weighted by atomic mass is 16.6. The van der Waals surface area contributed by atoms with Gasteiger partial charge in [0.05, 0.1) is 6.54 Å². The lowest BCUT2D eigenvalue weighted by atomic mass is 9.89. The highest BCUT2D eigenvalue weighted by molar-refractivity contribution is 5.82. The van der Waals surface area contributed by atoms with Gasteiger partial charge in [-0.15, -0.1) is 5.73 Å². The average molecular weight is 428 g/mol. The van der Waals surface area contributed by atoms with Gasteiger partial charge in [-0.3, -0.25) is 4.90 Å². The molecule has 4 rings (SSSR count). The lowest BCUT2D eigenvalue weighted by Gasteiger charge is -2.19. The Hall–Kier alpha value is -3.03. The van der Waals surface area contributed by atoms with Crippen molar-refractivity contribution >= 4 is 11.7 Å². The van der Waals surface area contributed by atoms with Crippen LogP contribution in [0, 0.1) is 5.92 Å². The van der Waals surface area contributed by atoms with E-state index in [1.807, 2.05) is 41.3 Å². The van der Waals surface area contributed by atoms with Gasteiger partial charge < -0.3 is 4.74 Å². The SMILES string of the molecule is CC(C)/C=C(/C(=C=C1CCCCC1)c1ccccc1)C1CN(Cc2ccccc2)C(=O)O1. The summed E-state index contributed by atoms with van der Waals surface area (Å²) in [6, 6.07) is 20.6. The van der Waals surface area contributed by atoms with Crippen LogP contribution in [0.3, 0.4) is 0 Å². The standard InChI is InChI=1S/C29H33NO2/c1-22(2)18-27(28-21-30(29(31)32-28)20-24-14-8-4-9-15-24)26(25-16-10-5-11-17-25)19-23-12-6-3-7-13-23/h4-5,8-11,14-18,22,28H,3,6-7,12-13,20-21H2,1-2H3/b27-18-. The third-order valence-corrected chi connectivity index (χ3v) is 6.07. The Balaban J connectivity index is 1.70. The molecule has 1 amide bonds. The molecule has 2 aromatic carbocycles. The van der Waals surface area contributed by atoms with Crippen molar-refractivity contribution in [3.8, 4) is 0 Å². The fraction of sp³-hybridized carbons (Fsp3) is 0.379. The van der Waals surface area contributed by atoms with Crippen LogP contribution in [-0.4, -0.2) is 23.6 Å². The molecule has 32 heavy (non-hydrogen) atoms. The summed E-state index contributed by atoms with van der Waals surface area (Å²) in [6.07, 6.45) is 7.70. The molecule has 1 atom stereocenters. The molecule has 1 unspecified atom stereocenters. The van der Waals surface area contributed by atoms with Gasteiger partial charge in [0.2, 0.25) is 0 Å². The van der Waals surface area contributed by atoms with E-state index in [1.54, 1.807) is 0 Å². The Morgan fingerprint density at radius 2 is 1.69 bits per heavy atom. The van der Waals surface area contributed by atoms with Crippen LogP contribution >= 0.6 is 0 Å². The molecular weight excluding hydrogens is 394 g/mol. The largest absolute Gasteiger partial charge is 0.439 e. The average Bonchev–Trinajstić information content (AvgIpc) is 3.18. The van der Waals surface area contributed by atoms with E-state index in [0.29, 0.717) is 19.0 Å². The topological polar surface area (TPSA) is 29.5 Å². The Morgan fingerprint density at radius 1 is 1.03 bits per heavy atom. The molecule has 0 radical (unpaired) electrons. The van der Waals surface area contributed by atoms with Crippen molar-refractivity contribution in [3.05, 3.63) is 94.7 Å². The summed E-state index contributed by atoms with van der Waals surface area (Å²) in [5.41, 5.74) is 9.58. The van der Waals surface area contributed by atoms with Gasteiger partial charge in [-0.25, -0.2) is 4.79 Å². The number of allylic oxidation sites excluding steroid dienone is 1. The molecule has 0 bridgehead atoms. The Bertz CT molecular complexity index is 1010. The van der Waals surface area contributed by atoms with Gasteiger partial charge >= 0.3 is 6.09 Å². The number of amides is 1. The van der Waals surface area contributed by atoms with Gasteiger partial charge in [-0.05, 0) is 48.3 Å². The molecule has 2 aliphatic rings. The molecule has 3 nitrogen and oxygen atoms in total. The van der Waals surface area contributed by atoms with E-state index >= 15 is 0 Å². The summed E-state index contributed by atoms with van der Waals surface area (Å²) in [5, 5.41) is 0. The molecule has 1 saturated heterocycles. The highest BCUT2D eigenvalue weighted by Crippen LogP contribution is 2.33. The lowest BCUT2D eigenvalue weighted by molar-refractivity contribution is 0.143. The van der Waals surface area contributed by atoms with Gasteiger partial charge in [-0.2, -0.15) is 0 Å². The smallest absolute Gasteiger partial charge is 0.410 e. The zero-order chi connectivity index (χ0) is 22.3. The Labute approximate surface area is 192 Å². The van der Waals surface area contributed by atoms with Gasteiger partial charge in [0.15, 0.2) is 0 Å². The van der Waals surface area contributed by atoms with Crippen LogP contribution < -0.4 is 0 Å². The van der Waals surface area contributed by atoms with Crippen LogP contribution in [0.25, 0.3) is 5.57 Å². The molecule has 1 saturated carbocycles. The predicted octanol–water partition coefficient (Wildman–Crippen LogP) is 7.16. The number of carbonyl (C=O) groups excluding carboxylic acids is 1. The molecule has 1 aliphatic heterocycles. The number of ether oxygens (including phenoxy) is 1. The number of cyclic esters (lactones) is 1. The maximum Gasteiger partial charge on any atom is 0.410 e. The summed E-state index contributed by atoms with van der Waals surface area (Å²) in [5.74, 6) is 0.337. The van der Waals surface area contributed by atoms with Crippen LogP contribution in [0.5, 0.6) is 0 Å². The third kappa shape index (κ3) is 5.60. The number of carbonyl (C=O) groups is 1. The van der Waals surface area contributed by atoms with Gasteiger partial charge in [0.25, 0.3) is 0 Å². The van der Waals surface area contributed by atoms with Gasteiger partial charge in [0.1, 0.15) is 6.10 Å². The number of nitrogens with zero attached hydrogens (tertiary/aromatic N) is 1. The van der Waals surface area contributed by atoms with E-state index in [1.165, 1.54) is 24.8 Å². The first-order chi connectivity index (χ1) is 15.6. The second-order valence-electron chi connectivity index (χ2n) is 9.13. The molecule has 0 spiro atoms. The second-order valence-corrected chi connectivity index (χ2v) is 9.13. The minimum atomic E-state index is -0.291. The first-order valence-corrected chi connectivity index (χ1v) is 11.9. The zero-order valence-corrected chi connectivity index (χ0v) is 19.2. The fourth-order valence-electron chi connectivity index (χ4n) is 4.51. The quantitative estimate of drug-likeness (QED) is 0.361. The number of benzene rings is 2. The first-order valence-electron chi connectivity index (χ1n) is 11.9. The molecule has 0 N–H and O–H groups in total. The van der Waals surface area contributed by atoms with Crippen molar-refractivity contribution in [2.75, 3.05) is 6.54 Å². The minimum Gasteiger partial charge on any atom is -0.439 e.